The molecule has 0 atom stereocenters. The van der Waals surface area contributed by atoms with Crippen LogP contribution in [0.2, 0.25) is 0 Å². The zero-order valence-electron chi connectivity index (χ0n) is 17.4. The van der Waals surface area contributed by atoms with Gasteiger partial charge in [0.25, 0.3) is 0 Å². The number of fused-ring (bicyclic) bond motifs is 3. The number of hydrogen-bond donors (Lipinski definition) is 1. The third kappa shape index (κ3) is 3.89. The molecule has 5 rings (SSSR count). The second kappa shape index (κ2) is 8.66. The molecular formula is C21H23N7O2S. The van der Waals surface area contributed by atoms with Gasteiger partial charge in [0.2, 0.25) is 5.88 Å². The highest BCUT2D eigenvalue weighted by Crippen LogP contribution is 2.31. The number of methoxy groups -OCH3 is 1. The maximum Gasteiger partial charge on any atom is 0.237 e. The van der Waals surface area contributed by atoms with Gasteiger partial charge in [-0.2, -0.15) is 0 Å². The Balaban J connectivity index is 1.59. The molecule has 0 radical (unpaired) electrons. The van der Waals surface area contributed by atoms with Crippen molar-refractivity contribution in [3.05, 3.63) is 42.5 Å². The van der Waals surface area contributed by atoms with Crippen molar-refractivity contribution in [1.82, 2.24) is 29.5 Å². The van der Waals surface area contributed by atoms with Crippen LogP contribution in [-0.4, -0.2) is 69.1 Å². The van der Waals surface area contributed by atoms with E-state index in [1.54, 1.807) is 13.3 Å². The van der Waals surface area contributed by atoms with E-state index in [2.05, 4.69) is 46.3 Å². The minimum absolute atomic E-state index is 0.564. The molecule has 1 aliphatic rings. The van der Waals surface area contributed by atoms with Gasteiger partial charge in [-0.1, -0.05) is 18.0 Å². The lowest BCUT2D eigenvalue weighted by atomic mass is 10.1. The first-order valence-electron chi connectivity index (χ1n) is 10.0. The summed E-state index contributed by atoms with van der Waals surface area (Å²) in [6, 6.07) is 8.24. The Morgan fingerprint density at radius 1 is 1.10 bits per heavy atom. The highest BCUT2D eigenvalue weighted by atomic mass is 32.2. The van der Waals surface area contributed by atoms with E-state index in [1.165, 1.54) is 11.9 Å². The Bertz CT molecular complexity index is 1220. The largest absolute Gasteiger partial charge is 0.480 e. The van der Waals surface area contributed by atoms with Gasteiger partial charge in [0.15, 0.2) is 11.5 Å². The van der Waals surface area contributed by atoms with Gasteiger partial charge in [0.05, 0.1) is 44.1 Å². The Morgan fingerprint density at radius 3 is 2.77 bits per heavy atom. The number of benzene rings is 1. The fraction of sp³-hybridized carbons (Fsp3) is 0.333. The van der Waals surface area contributed by atoms with Crippen molar-refractivity contribution in [1.29, 1.82) is 0 Å². The van der Waals surface area contributed by atoms with Crippen LogP contribution in [0.4, 0.5) is 5.69 Å². The molecule has 0 unspecified atom stereocenters. The van der Waals surface area contributed by atoms with E-state index in [9.17, 15) is 0 Å². The highest BCUT2D eigenvalue weighted by Gasteiger charge is 2.17. The van der Waals surface area contributed by atoms with E-state index in [1.807, 2.05) is 24.6 Å². The quantitative estimate of drug-likeness (QED) is 0.457. The molecule has 1 aliphatic heterocycles. The van der Waals surface area contributed by atoms with E-state index in [0.717, 1.165) is 72.2 Å². The Hall–Kier alpha value is -2.95. The van der Waals surface area contributed by atoms with Gasteiger partial charge >= 0.3 is 0 Å². The summed E-state index contributed by atoms with van der Waals surface area (Å²) in [5, 5.41) is 8.80. The van der Waals surface area contributed by atoms with Crippen molar-refractivity contribution in [2.75, 3.05) is 44.4 Å². The summed E-state index contributed by atoms with van der Waals surface area (Å²) in [7, 11) is 1.62. The molecule has 1 N–H and O–H groups in total. The maximum absolute atomic E-state index is 5.47. The number of pyridine rings is 1. The molecule has 0 saturated carbocycles. The van der Waals surface area contributed by atoms with Crippen LogP contribution in [0, 0.1) is 0 Å². The van der Waals surface area contributed by atoms with E-state index in [-0.39, 0.29) is 0 Å². The summed E-state index contributed by atoms with van der Waals surface area (Å²) in [4.78, 5) is 11.4. The van der Waals surface area contributed by atoms with Crippen LogP contribution in [0.3, 0.4) is 0 Å². The number of ether oxygens (including phenoxy) is 2. The van der Waals surface area contributed by atoms with Crippen LogP contribution >= 0.6 is 11.9 Å². The number of aromatic nitrogens is 5. The Kier molecular flexibility index (Phi) is 5.58. The number of nitrogens with one attached hydrogen (secondary N) is 1. The van der Waals surface area contributed by atoms with Gasteiger partial charge in [0, 0.05) is 31.1 Å². The molecule has 4 aromatic rings. The van der Waals surface area contributed by atoms with Crippen LogP contribution < -0.4 is 9.46 Å². The lowest BCUT2D eigenvalue weighted by Gasteiger charge is -2.25. The predicted molar refractivity (Wildman–Crippen MR) is 121 cm³/mol. The zero-order chi connectivity index (χ0) is 21.2. The zero-order valence-corrected chi connectivity index (χ0v) is 18.2. The molecule has 160 valence electrons. The fourth-order valence-electron chi connectivity index (χ4n) is 3.81. The predicted octanol–water partition coefficient (Wildman–Crippen LogP) is 2.87. The molecule has 4 heterocycles. The van der Waals surface area contributed by atoms with Crippen molar-refractivity contribution >= 4 is 34.3 Å². The van der Waals surface area contributed by atoms with E-state index < -0.39 is 0 Å². The summed E-state index contributed by atoms with van der Waals surface area (Å²) in [5.41, 5.74) is 5.46. The third-order valence-corrected chi connectivity index (χ3v) is 5.77. The van der Waals surface area contributed by atoms with Crippen LogP contribution in [0.15, 0.2) is 36.7 Å². The summed E-state index contributed by atoms with van der Waals surface area (Å²) < 4.78 is 16.2. The smallest absolute Gasteiger partial charge is 0.237 e. The highest BCUT2D eigenvalue weighted by molar-refractivity contribution is 7.99. The lowest BCUT2D eigenvalue weighted by molar-refractivity contribution is 0.0329. The van der Waals surface area contributed by atoms with E-state index in [4.69, 9.17) is 9.47 Å². The van der Waals surface area contributed by atoms with Crippen molar-refractivity contribution in [3.8, 4) is 17.0 Å². The Labute approximate surface area is 183 Å². The lowest BCUT2D eigenvalue weighted by Crippen LogP contribution is -2.36. The topological polar surface area (TPSA) is 89.7 Å². The number of morpholine rings is 1. The molecule has 0 amide bonds. The molecule has 1 fully saturated rings. The average molecular weight is 438 g/mol. The van der Waals surface area contributed by atoms with Gasteiger partial charge in [-0.25, -0.2) is 4.98 Å². The molecule has 0 spiro atoms. The third-order valence-electron chi connectivity index (χ3n) is 5.35. The van der Waals surface area contributed by atoms with E-state index in [0.29, 0.717) is 5.88 Å². The normalized spacial score (nSPS) is 14.9. The molecule has 0 aliphatic carbocycles. The molecule has 10 heteroatoms. The van der Waals surface area contributed by atoms with Crippen molar-refractivity contribution in [2.45, 2.75) is 6.54 Å². The monoisotopic (exact) mass is 437 g/mol. The van der Waals surface area contributed by atoms with Crippen molar-refractivity contribution < 1.29 is 9.47 Å². The standard InChI is InChI=1S/C21H23N7O2S/c1-29-21-17(26-31-2)9-15(11-23-21)14-3-4-16-18(10-14)28-19(12-22-16)24-25-20(28)13-27-5-7-30-8-6-27/h3-4,9-12,26H,5-8,13H2,1-2H3. The van der Waals surface area contributed by atoms with Crippen LogP contribution in [0.1, 0.15) is 5.82 Å². The molecular weight excluding hydrogens is 414 g/mol. The van der Waals surface area contributed by atoms with Gasteiger partial charge in [-0.3, -0.25) is 14.3 Å². The number of anilines is 1. The first-order chi connectivity index (χ1) is 15.3. The average Bonchev–Trinajstić information content (AvgIpc) is 3.23. The van der Waals surface area contributed by atoms with Crippen LogP contribution in [-0.2, 0) is 11.3 Å². The summed E-state index contributed by atoms with van der Waals surface area (Å²) in [5.74, 6) is 1.47. The van der Waals surface area contributed by atoms with Gasteiger partial charge in [-0.15, -0.1) is 10.2 Å². The molecule has 31 heavy (non-hydrogen) atoms. The molecule has 1 aromatic carbocycles. The minimum Gasteiger partial charge on any atom is -0.480 e. The van der Waals surface area contributed by atoms with Crippen molar-refractivity contribution in [3.63, 3.8) is 0 Å². The first-order valence-corrected chi connectivity index (χ1v) is 11.3. The fourth-order valence-corrected chi connectivity index (χ4v) is 4.18. The molecule has 9 nitrogen and oxygen atoms in total. The molecule has 0 bridgehead atoms. The summed E-state index contributed by atoms with van der Waals surface area (Å²) >= 11 is 1.50. The van der Waals surface area contributed by atoms with Gasteiger partial charge in [-0.05, 0) is 23.8 Å². The number of nitrogens with zero attached hydrogens (tertiary/aromatic N) is 6. The molecule has 3 aromatic heterocycles. The summed E-state index contributed by atoms with van der Waals surface area (Å²) in [6.07, 6.45) is 5.56. The van der Waals surface area contributed by atoms with Gasteiger partial charge in [0.1, 0.15) is 5.69 Å². The van der Waals surface area contributed by atoms with Crippen LogP contribution in [0.25, 0.3) is 27.8 Å². The minimum atomic E-state index is 0.564. The second-order valence-corrected chi connectivity index (χ2v) is 7.86. The van der Waals surface area contributed by atoms with E-state index >= 15 is 0 Å². The SMILES string of the molecule is COc1ncc(-c2ccc3ncc4nnc(CN5CCOCC5)n4c3c2)cc1NSC. The maximum atomic E-state index is 5.47. The van der Waals surface area contributed by atoms with Gasteiger partial charge < -0.3 is 14.2 Å². The second-order valence-electron chi connectivity index (χ2n) is 7.25. The van der Waals surface area contributed by atoms with Crippen LogP contribution in [0.5, 0.6) is 5.88 Å². The summed E-state index contributed by atoms with van der Waals surface area (Å²) in [6.45, 7) is 4.01. The Morgan fingerprint density at radius 2 is 1.97 bits per heavy atom. The molecule has 1 saturated heterocycles. The number of rotatable bonds is 6. The van der Waals surface area contributed by atoms with Crippen molar-refractivity contribution in [2.24, 2.45) is 0 Å². The number of hydrogen-bond acceptors (Lipinski definition) is 9. The first kappa shape index (κ1) is 20.0.